The second kappa shape index (κ2) is 9.02. The second-order valence-electron chi connectivity index (χ2n) is 6.50. The van der Waals surface area contributed by atoms with Crippen molar-refractivity contribution in [1.82, 2.24) is 4.57 Å². The van der Waals surface area contributed by atoms with Gasteiger partial charge in [0.15, 0.2) is 4.80 Å². The van der Waals surface area contributed by atoms with Crippen LogP contribution < -0.4 is 9.54 Å². The number of rotatable bonds is 6. The summed E-state index contributed by atoms with van der Waals surface area (Å²) < 4.78 is 27.1. The fourth-order valence-electron chi connectivity index (χ4n) is 2.97. The monoisotopic (exact) mass is 422 g/mol. The van der Waals surface area contributed by atoms with E-state index in [1.165, 1.54) is 23.5 Å². The van der Waals surface area contributed by atoms with Crippen molar-refractivity contribution in [2.24, 2.45) is 4.99 Å². The number of fused-ring (bicyclic) bond motifs is 1. The van der Waals surface area contributed by atoms with Crippen molar-refractivity contribution in [1.29, 1.82) is 0 Å². The van der Waals surface area contributed by atoms with Crippen LogP contribution in [-0.2, 0) is 11.3 Å². The van der Waals surface area contributed by atoms with E-state index in [9.17, 15) is 9.18 Å². The molecule has 0 atom stereocenters. The first-order valence-corrected chi connectivity index (χ1v) is 10.2. The predicted molar refractivity (Wildman–Crippen MR) is 115 cm³/mol. The molecule has 0 radical (unpaired) electrons. The van der Waals surface area contributed by atoms with Crippen LogP contribution in [0.3, 0.4) is 0 Å². The Kier molecular flexibility index (Phi) is 6.02. The number of aromatic nitrogens is 1. The molecule has 1 amide bonds. The van der Waals surface area contributed by atoms with Gasteiger partial charge in [-0.15, -0.1) is 0 Å². The van der Waals surface area contributed by atoms with Gasteiger partial charge in [0.2, 0.25) is 0 Å². The van der Waals surface area contributed by atoms with Gasteiger partial charge in [-0.1, -0.05) is 29.5 Å². The maximum Gasteiger partial charge on any atom is 0.279 e. The van der Waals surface area contributed by atoms with E-state index in [0.717, 1.165) is 16.0 Å². The molecular weight excluding hydrogens is 403 g/mol. The van der Waals surface area contributed by atoms with Gasteiger partial charge in [-0.05, 0) is 54.6 Å². The maximum absolute atomic E-state index is 13.6. The minimum atomic E-state index is -0.376. The zero-order chi connectivity index (χ0) is 20.9. The summed E-state index contributed by atoms with van der Waals surface area (Å²) in [6.07, 6.45) is 0. The first kappa shape index (κ1) is 20.0. The minimum Gasteiger partial charge on any atom is -0.457 e. The van der Waals surface area contributed by atoms with Crippen LogP contribution in [0.1, 0.15) is 10.4 Å². The zero-order valence-electron chi connectivity index (χ0n) is 16.2. The molecule has 0 unspecified atom stereocenters. The van der Waals surface area contributed by atoms with E-state index in [-0.39, 0.29) is 11.7 Å². The molecule has 1 heterocycles. The van der Waals surface area contributed by atoms with E-state index >= 15 is 0 Å². The Bertz CT molecular complexity index is 1230. The molecule has 0 saturated heterocycles. The van der Waals surface area contributed by atoms with Gasteiger partial charge in [0, 0.05) is 19.2 Å². The predicted octanol–water partition coefficient (Wildman–Crippen LogP) is 5.02. The Balaban J connectivity index is 1.62. The fourth-order valence-corrected chi connectivity index (χ4v) is 4.05. The molecule has 0 spiro atoms. The third-order valence-corrected chi connectivity index (χ3v) is 5.48. The van der Waals surface area contributed by atoms with Gasteiger partial charge in [-0.3, -0.25) is 4.79 Å². The number of nitrogens with zero attached hydrogens (tertiary/aromatic N) is 2. The largest absolute Gasteiger partial charge is 0.457 e. The molecule has 0 fully saturated rings. The standard InChI is InChI=1S/C23H19FN2O3S/c1-28-14-13-26-20-12-9-17(24)15-21(20)30-23(26)25-22(27)16-7-10-19(11-8-16)29-18-5-3-2-4-6-18/h2-12,15H,13-14H2,1H3. The summed E-state index contributed by atoms with van der Waals surface area (Å²) >= 11 is 1.27. The van der Waals surface area contributed by atoms with Crippen molar-refractivity contribution in [3.63, 3.8) is 0 Å². The van der Waals surface area contributed by atoms with Crippen molar-refractivity contribution >= 4 is 27.5 Å². The highest BCUT2D eigenvalue weighted by atomic mass is 32.1. The number of halogens is 1. The van der Waals surface area contributed by atoms with Gasteiger partial charge in [0.25, 0.3) is 5.91 Å². The first-order valence-electron chi connectivity index (χ1n) is 9.34. The van der Waals surface area contributed by atoms with E-state index in [4.69, 9.17) is 9.47 Å². The van der Waals surface area contributed by atoms with E-state index in [1.54, 1.807) is 37.4 Å². The summed E-state index contributed by atoms with van der Waals surface area (Å²) in [5.74, 6) is 0.650. The zero-order valence-corrected chi connectivity index (χ0v) is 17.1. The quantitative estimate of drug-likeness (QED) is 0.438. The lowest BCUT2D eigenvalue weighted by Gasteiger charge is -2.06. The van der Waals surface area contributed by atoms with Crippen LogP contribution in [0, 0.1) is 5.82 Å². The Morgan fingerprint density at radius 3 is 2.50 bits per heavy atom. The van der Waals surface area contributed by atoms with Gasteiger partial charge in [-0.2, -0.15) is 4.99 Å². The molecule has 5 nitrogen and oxygen atoms in total. The van der Waals surface area contributed by atoms with Crippen LogP contribution in [0.4, 0.5) is 4.39 Å². The number of benzene rings is 3. The number of hydrogen-bond acceptors (Lipinski definition) is 4. The van der Waals surface area contributed by atoms with Crippen LogP contribution in [0.5, 0.6) is 11.5 Å². The number of para-hydroxylation sites is 1. The highest BCUT2D eigenvalue weighted by molar-refractivity contribution is 7.16. The summed E-state index contributed by atoms with van der Waals surface area (Å²) in [4.78, 5) is 17.5. The number of carbonyl (C=O) groups excluding carboxylic acids is 1. The van der Waals surface area contributed by atoms with E-state index < -0.39 is 0 Å². The molecule has 1 aromatic heterocycles. The van der Waals surface area contributed by atoms with E-state index in [2.05, 4.69) is 4.99 Å². The summed E-state index contributed by atoms with van der Waals surface area (Å²) in [6, 6.07) is 20.8. The molecule has 7 heteroatoms. The highest BCUT2D eigenvalue weighted by Crippen LogP contribution is 2.22. The Morgan fingerprint density at radius 2 is 1.77 bits per heavy atom. The van der Waals surface area contributed by atoms with Crippen LogP contribution in [0.2, 0.25) is 0 Å². The molecule has 4 rings (SSSR count). The van der Waals surface area contributed by atoms with Gasteiger partial charge >= 0.3 is 0 Å². The number of amides is 1. The minimum absolute atomic E-state index is 0.325. The highest BCUT2D eigenvalue weighted by Gasteiger charge is 2.10. The normalized spacial score (nSPS) is 11.7. The van der Waals surface area contributed by atoms with Crippen molar-refractivity contribution in [2.45, 2.75) is 6.54 Å². The van der Waals surface area contributed by atoms with Gasteiger partial charge in [-0.25, -0.2) is 4.39 Å². The number of hydrogen-bond donors (Lipinski definition) is 0. The average molecular weight is 422 g/mol. The number of ether oxygens (including phenoxy) is 2. The topological polar surface area (TPSA) is 52.8 Å². The molecule has 30 heavy (non-hydrogen) atoms. The van der Waals surface area contributed by atoms with Crippen LogP contribution in [-0.4, -0.2) is 24.2 Å². The molecule has 4 aromatic rings. The molecule has 0 bridgehead atoms. The fraction of sp³-hybridized carbons (Fsp3) is 0.130. The summed E-state index contributed by atoms with van der Waals surface area (Å²) in [5.41, 5.74) is 1.26. The van der Waals surface area contributed by atoms with E-state index in [1.807, 2.05) is 34.9 Å². The molecule has 0 aliphatic rings. The van der Waals surface area contributed by atoms with Crippen molar-refractivity contribution < 1.29 is 18.7 Å². The lowest BCUT2D eigenvalue weighted by molar-refractivity contribution is 0.0997. The number of methoxy groups -OCH3 is 1. The Labute approximate surface area is 176 Å². The van der Waals surface area contributed by atoms with Crippen LogP contribution >= 0.6 is 11.3 Å². The third kappa shape index (κ3) is 4.48. The summed E-state index contributed by atoms with van der Waals surface area (Å²) in [7, 11) is 1.61. The lowest BCUT2D eigenvalue weighted by atomic mass is 10.2. The second-order valence-corrected chi connectivity index (χ2v) is 7.51. The Hall–Kier alpha value is -3.29. The molecule has 0 saturated carbocycles. The third-order valence-electron chi connectivity index (χ3n) is 4.44. The number of thiazole rings is 1. The molecular formula is C23H19FN2O3S. The van der Waals surface area contributed by atoms with Crippen molar-refractivity contribution in [3.8, 4) is 11.5 Å². The molecule has 0 aliphatic carbocycles. The first-order chi connectivity index (χ1) is 14.6. The lowest BCUT2D eigenvalue weighted by Crippen LogP contribution is -2.19. The van der Waals surface area contributed by atoms with Crippen molar-refractivity contribution in [3.05, 3.63) is 89.0 Å². The SMILES string of the molecule is COCCn1c(=NC(=O)c2ccc(Oc3ccccc3)cc2)sc2cc(F)ccc21. The summed E-state index contributed by atoms with van der Waals surface area (Å²) in [5, 5.41) is 0. The summed E-state index contributed by atoms with van der Waals surface area (Å²) in [6.45, 7) is 0.966. The number of carbonyl (C=O) groups is 1. The molecule has 0 N–H and O–H groups in total. The van der Waals surface area contributed by atoms with Gasteiger partial charge < -0.3 is 14.0 Å². The van der Waals surface area contributed by atoms with Crippen LogP contribution in [0.25, 0.3) is 10.2 Å². The van der Waals surface area contributed by atoms with E-state index in [0.29, 0.717) is 29.3 Å². The van der Waals surface area contributed by atoms with Crippen molar-refractivity contribution in [2.75, 3.05) is 13.7 Å². The molecule has 152 valence electrons. The van der Waals surface area contributed by atoms with Crippen LogP contribution in [0.15, 0.2) is 77.8 Å². The average Bonchev–Trinajstić information content (AvgIpc) is 3.09. The molecule has 3 aromatic carbocycles. The Morgan fingerprint density at radius 1 is 1.03 bits per heavy atom. The van der Waals surface area contributed by atoms with Gasteiger partial charge in [0.1, 0.15) is 17.3 Å². The molecule has 0 aliphatic heterocycles. The smallest absolute Gasteiger partial charge is 0.279 e. The maximum atomic E-state index is 13.6. The van der Waals surface area contributed by atoms with Gasteiger partial charge in [0.05, 0.1) is 16.8 Å².